The van der Waals surface area contributed by atoms with Gasteiger partial charge in [0, 0.05) is 43.3 Å². The van der Waals surface area contributed by atoms with E-state index in [9.17, 15) is 4.79 Å². The van der Waals surface area contributed by atoms with Crippen molar-refractivity contribution < 1.29 is 14.3 Å². The van der Waals surface area contributed by atoms with E-state index in [1.807, 2.05) is 25.1 Å². The minimum absolute atomic E-state index is 0.196. The molecule has 3 aliphatic heterocycles. The monoisotopic (exact) mass is 668 g/mol. The number of piperidine rings is 1. The van der Waals surface area contributed by atoms with E-state index in [2.05, 4.69) is 57.4 Å². The number of benzene rings is 2. The fourth-order valence-electron chi connectivity index (χ4n) is 8.36. The Morgan fingerprint density at radius 1 is 1.04 bits per heavy atom. The van der Waals surface area contributed by atoms with Crippen LogP contribution in [0.25, 0.3) is 0 Å². The number of hydrogen-bond donors (Lipinski definition) is 1. The predicted molar refractivity (Wildman–Crippen MR) is 191 cm³/mol. The van der Waals surface area contributed by atoms with Gasteiger partial charge < -0.3 is 19.7 Å². The van der Waals surface area contributed by atoms with E-state index in [0.29, 0.717) is 28.3 Å². The van der Waals surface area contributed by atoms with Crippen LogP contribution in [0.5, 0.6) is 11.5 Å². The number of nitrogens with one attached hydrogen (secondary N) is 1. The van der Waals surface area contributed by atoms with Gasteiger partial charge in [0.1, 0.15) is 11.9 Å². The number of hydrogen-bond acceptors (Lipinski definition) is 7. The number of likely N-dealkylation sites (tertiary alicyclic amines) is 1. The Balaban J connectivity index is 0.940. The number of halogens is 1. The first-order valence-corrected chi connectivity index (χ1v) is 18.8. The summed E-state index contributed by atoms with van der Waals surface area (Å²) in [6, 6.07) is 16.4. The highest BCUT2D eigenvalue weighted by Gasteiger charge is 2.42. The van der Waals surface area contributed by atoms with Crippen LogP contribution in [0.4, 0.5) is 11.4 Å². The van der Waals surface area contributed by atoms with Crippen LogP contribution in [0.1, 0.15) is 106 Å². The van der Waals surface area contributed by atoms with Crippen molar-refractivity contribution in [1.82, 2.24) is 9.88 Å². The summed E-state index contributed by atoms with van der Waals surface area (Å²) in [7, 11) is 0. The molecule has 4 heterocycles. The van der Waals surface area contributed by atoms with Gasteiger partial charge in [-0.05, 0) is 99.3 Å². The molecular weight excluding hydrogens is 620 g/mol. The molecule has 254 valence electrons. The van der Waals surface area contributed by atoms with Crippen molar-refractivity contribution in [1.29, 1.82) is 0 Å². The molecular formula is C40H49ClN4O3. The van der Waals surface area contributed by atoms with Gasteiger partial charge in [0.2, 0.25) is 0 Å². The standard InChI is InChI=1S/C40H49ClN4O3/c1-26(12-13-27-6-3-7-27)24-45-34-22-30(38(46)29-8-4-9-29)14-16-33(34)43-37(45)25-44-20-18-28(19-21-44)32-10-5-11-35-39(32)48-40(2,47-35)36-17-15-31(41)23-42-36/h5,10-11,14-17,22-23,26-29,37,43H,3-4,6-9,12-13,18-21,24-25H2,1-2H3. The van der Waals surface area contributed by atoms with Crippen LogP contribution in [-0.4, -0.2) is 48.0 Å². The first kappa shape index (κ1) is 31.9. The molecule has 8 rings (SSSR count). The number of nitrogens with zero attached hydrogens (tertiary/aromatic N) is 3. The van der Waals surface area contributed by atoms with Gasteiger partial charge in [-0.3, -0.25) is 14.7 Å². The Bertz CT molecular complexity index is 1630. The molecule has 3 fully saturated rings. The van der Waals surface area contributed by atoms with Gasteiger partial charge >= 0.3 is 0 Å². The van der Waals surface area contributed by atoms with Gasteiger partial charge in [-0.25, -0.2) is 0 Å². The van der Waals surface area contributed by atoms with Crippen molar-refractivity contribution in [2.75, 3.05) is 36.4 Å². The van der Waals surface area contributed by atoms with E-state index < -0.39 is 5.79 Å². The number of rotatable bonds is 11. The fraction of sp³-hybridized carbons (Fsp3) is 0.550. The number of pyridine rings is 1. The maximum absolute atomic E-state index is 13.2. The lowest BCUT2D eigenvalue weighted by atomic mass is 9.80. The van der Waals surface area contributed by atoms with E-state index in [1.54, 1.807) is 6.20 Å². The summed E-state index contributed by atoms with van der Waals surface area (Å²) in [6.45, 7) is 8.36. The first-order valence-electron chi connectivity index (χ1n) is 18.4. The normalized spacial score (nSPS) is 24.9. The van der Waals surface area contributed by atoms with Gasteiger partial charge in [-0.1, -0.05) is 62.8 Å². The molecule has 0 amide bonds. The zero-order valence-corrected chi connectivity index (χ0v) is 29.2. The molecule has 7 nitrogen and oxygen atoms in total. The minimum Gasteiger partial charge on any atom is -0.443 e. The van der Waals surface area contributed by atoms with Crippen LogP contribution in [0.15, 0.2) is 54.7 Å². The summed E-state index contributed by atoms with van der Waals surface area (Å²) in [5.41, 5.74) is 5.20. The number of ether oxygens (including phenoxy) is 2. The van der Waals surface area contributed by atoms with Crippen molar-refractivity contribution >= 4 is 28.8 Å². The molecule has 1 N–H and O–H groups in total. The summed E-state index contributed by atoms with van der Waals surface area (Å²) in [4.78, 5) is 22.9. The van der Waals surface area contributed by atoms with E-state index >= 15 is 0 Å². The number of para-hydroxylation sites is 1. The lowest BCUT2D eigenvalue weighted by molar-refractivity contribution is -0.0722. The van der Waals surface area contributed by atoms with Crippen molar-refractivity contribution in [2.24, 2.45) is 17.8 Å². The van der Waals surface area contributed by atoms with Crippen molar-refractivity contribution in [3.05, 3.63) is 76.6 Å². The van der Waals surface area contributed by atoms with Crippen LogP contribution in [0, 0.1) is 17.8 Å². The molecule has 3 aromatic rings. The van der Waals surface area contributed by atoms with Gasteiger partial charge in [0.15, 0.2) is 17.3 Å². The number of Topliss-reactive ketones (excluding diaryl/α,β-unsaturated/α-hetero) is 1. The molecule has 2 aliphatic carbocycles. The maximum atomic E-state index is 13.2. The zero-order valence-electron chi connectivity index (χ0n) is 28.4. The average Bonchev–Trinajstić information content (AvgIpc) is 3.56. The molecule has 3 atom stereocenters. The lowest BCUT2D eigenvalue weighted by Crippen LogP contribution is -2.48. The van der Waals surface area contributed by atoms with Crippen LogP contribution in [0.3, 0.4) is 0 Å². The van der Waals surface area contributed by atoms with E-state index in [0.717, 1.165) is 74.8 Å². The molecule has 1 aromatic heterocycles. The molecule has 1 saturated heterocycles. The van der Waals surface area contributed by atoms with Crippen LogP contribution < -0.4 is 19.7 Å². The highest BCUT2D eigenvalue weighted by atomic mass is 35.5. The molecule has 5 aliphatic rings. The summed E-state index contributed by atoms with van der Waals surface area (Å²) in [5.74, 6) is 3.13. The SMILES string of the molecule is CC(CCC1CCC1)CN1c2cc(C(=O)C3CCC3)ccc2NC1CN1CCC(c2cccc3c2OC(C)(c2ccc(Cl)cn2)O3)CC1. The number of ketones is 1. The molecule has 3 unspecified atom stereocenters. The van der Waals surface area contributed by atoms with E-state index in [4.69, 9.17) is 21.1 Å². The molecule has 48 heavy (non-hydrogen) atoms. The Morgan fingerprint density at radius 3 is 2.56 bits per heavy atom. The van der Waals surface area contributed by atoms with Gasteiger partial charge in [-0.15, -0.1) is 0 Å². The van der Waals surface area contributed by atoms with Crippen molar-refractivity contribution in [2.45, 2.75) is 95.9 Å². The smallest absolute Gasteiger partial charge is 0.292 e. The van der Waals surface area contributed by atoms with Crippen molar-refractivity contribution in [3.8, 4) is 11.5 Å². The third-order valence-corrected chi connectivity index (χ3v) is 12.1. The van der Waals surface area contributed by atoms with Crippen LogP contribution >= 0.6 is 11.6 Å². The zero-order chi connectivity index (χ0) is 32.8. The number of anilines is 2. The maximum Gasteiger partial charge on any atom is 0.292 e. The molecule has 2 saturated carbocycles. The lowest BCUT2D eigenvalue weighted by Gasteiger charge is -2.37. The Hall–Kier alpha value is -3.29. The third kappa shape index (κ3) is 6.29. The second-order valence-electron chi connectivity index (χ2n) is 15.3. The summed E-state index contributed by atoms with van der Waals surface area (Å²) < 4.78 is 12.9. The minimum atomic E-state index is -0.978. The highest BCUT2D eigenvalue weighted by Crippen LogP contribution is 2.49. The second kappa shape index (κ2) is 13.2. The highest BCUT2D eigenvalue weighted by molar-refractivity contribution is 6.30. The third-order valence-electron chi connectivity index (χ3n) is 11.8. The molecule has 2 aromatic carbocycles. The quantitative estimate of drug-likeness (QED) is 0.205. The molecule has 0 bridgehead atoms. The molecule has 0 radical (unpaired) electrons. The summed E-state index contributed by atoms with van der Waals surface area (Å²) >= 11 is 6.10. The first-order chi connectivity index (χ1) is 23.3. The summed E-state index contributed by atoms with van der Waals surface area (Å²) in [5, 5.41) is 4.47. The number of fused-ring (bicyclic) bond motifs is 2. The van der Waals surface area contributed by atoms with E-state index in [1.165, 1.54) is 55.5 Å². The number of aromatic nitrogens is 1. The Labute approximate surface area is 290 Å². The van der Waals surface area contributed by atoms with Crippen molar-refractivity contribution in [3.63, 3.8) is 0 Å². The average molecular weight is 669 g/mol. The molecule has 0 spiro atoms. The van der Waals surface area contributed by atoms with E-state index in [-0.39, 0.29) is 12.1 Å². The molecule has 8 heteroatoms. The van der Waals surface area contributed by atoms with Gasteiger partial charge in [0.05, 0.1) is 16.4 Å². The number of carbonyl (C=O) groups is 1. The Kier molecular flexibility index (Phi) is 8.79. The number of carbonyl (C=O) groups excluding carboxylic acids is 1. The summed E-state index contributed by atoms with van der Waals surface area (Å²) in [6.07, 6.45) is 14.1. The van der Waals surface area contributed by atoms with Gasteiger partial charge in [0.25, 0.3) is 5.79 Å². The topological polar surface area (TPSA) is 66.9 Å². The largest absolute Gasteiger partial charge is 0.443 e. The predicted octanol–water partition coefficient (Wildman–Crippen LogP) is 9.02. The fourth-order valence-corrected chi connectivity index (χ4v) is 8.48. The van der Waals surface area contributed by atoms with Crippen LogP contribution in [-0.2, 0) is 5.79 Å². The Morgan fingerprint density at radius 2 is 1.85 bits per heavy atom. The van der Waals surface area contributed by atoms with Crippen LogP contribution in [0.2, 0.25) is 5.02 Å². The van der Waals surface area contributed by atoms with Gasteiger partial charge in [-0.2, -0.15) is 0 Å². The second-order valence-corrected chi connectivity index (χ2v) is 15.7.